The van der Waals surface area contributed by atoms with Gasteiger partial charge in [-0.1, -0.05) is 25.1 Å². The summed E-state index contributed by atoms with van der Waals surface area (Å²) in [5, 5.41) is 3.03. The summed E-state index contributed by atoms with van der Waals surface area (Å²) in [5.74, 6) is 1.32. The van der Waals surface area contributed by atoms with Crippen LogP contribution >= 0.6 is 0 Å². The van der Waals surface area contributed by atoms with Gasteiger partial charge in [-0.3, -0.25) is 4.79 Å². The van der Waals surface area contributed by atoms with Crippen LogP contribution in [0.5, 0.6) is 0 Å². The number of piperidine rings is 1. The maximum atomic E-state index is 12.8. The molecule has 1 aromatic carbocycles. The van der Waals surface area contributed by atoms with Crippen molar-refractivity contribution < 1.29 is 4.79 Å². The van der Waals surface area contributed by atoms with E-state index in [1.807, 2.05) is 45.0 Å². The Kier molecular flexibility index (Phi) is 5.55. The van der Waals surface area contributed by atoms with Crippen molar-refractivity contribution in [2.75, 3.05) is 16.8 Å². The second-order valence-corrected chi connectivity index (χ2v) is 7.13. The van der Waals surface area contributed by atoms with Gasteiger partial charge in [0.15, 0.2) is 0 Å². The van der Waals surface area contributed by atoms with Gasteiger partial charge in [0.2, 0.25) is 0 Å². The Morgan fingerprint density at radius 3 is 2.62 bits per heavy atom. The number of aromatic nitrogens is 2. The van der Waals surface area contributed by atoms with Gasteiger partial charge in [0.25, 0.3) is 5.91 Å². The average molecular weight is 352 g/mol. The van der Waals surface area contributed by atoms with Crippen LogP contribution in [0, 0.1) is 20.8 Å². The molecule has 0 aliphatic carbocycles. The van der Waals surface area contributed by atoms with Gasteiger partial charge in [-0.05, 0) is 57.6 Å². The predicted molar refractivity (Wildman–Crippen MR) is 106 cm³/mol. The maximum Gasteiger partial charge on any atom is 0.274 e. The van der Waals surface area contributed by atoms with E-state index < -0.39 is 0 Å². The molecule has 0 spiro atoms. The topological polar surface area (TPSA) is 58.1 Å². The van der Waals surface area contributed by atoms with Crippen molar-refractivity contribution in [2.45, 2.75) is 59.4 Å². The number of nitrogens with one attached hydrogen (secondary N) is 1. The van der Waals surface area contributed by atoms with Gasteiger partial charge in [0.1, 0.15) is 17.3 Å². The third kappa shape index (κ3) is 3.87. The molecule has 5 heteroatoms. The van der Waals surface area contributed by atoms with Crippen molar-refractivity contribution in [3.05, 3.63) is 46.9 Å². The fourth-order valence-corrected chi connectivity index (χ4v) is 3.73. The molecule has 1 amide bonds. The molecule has 0 radical (unpaired) electrons. The van der Waals surface area contributed by atoms with Crippen molar-refractivity contribution in [2.24, 2.45) is 0 Å². The highest BCUT2D eigenvalue weighted by molar-refractivity contribution is 6.04. The van der Waals surface area contributed by atoms with Crippen molar-refractivity contribution in [1.82, 2.24) is 9.97 Å². The molecule has 1 N–H and O–H groups in total. The Balaban J connectivity index is 1.88. The molecule has 1 aliphatic rings. The highest BCUT2D eigenvalue weighted by Gasteiger charge is 2.24. The van der Waals surface area contributed by atoms with E-state index in [0.29, 0.717) is 17.6 Å². The van der Waals surface area contributed by atoms with Crippen LogP contribution in [0.15, 0.2) is 24.3 Å². The lowest BCUT2D eigenvalue weighted by atomic mass is 10.00. The monoisotopic (exact) mass is 352 g/mol. The van der Waals surface area contributed by atoms with Crippen LogP contribution in [0.2, 0.25) is 0 Å². The maximum absolute atomic E-state index is 12.8. The summed E-state index contributed by atoms with van der Waals surface area (Å²) in [5.41, 5.74) is 3.38. The van der Waals surface area contributed by atoms with E-state index in [9.17, 15) is 4.79 Å². The number of nitrogens with zero attached hydrogens (tertiary/aromatic N) is 3. The van der Waals surface area contributed by atoms with Crippen LogP contribution in [0.3, 0.4) is 0 Å². The Morgan fingerprint density at radius 1 is 1.19 bits per heavy atom. The first-order chi connectivity index (χ1) is 12.5. The molecule has 0 bridgehead atoms. The molecule has 138 valence electrons. The predicted octanol–water partition coefficient (Wildman–Crippen LogP) is 4.42. The summed E-state index contributed by atoms with van der Waals surface area (Å²) in [7, 11) is 0. The molecule has 1 aromatic heterocycles. The highest BCUT2D eigenvalue weighted by Crippen LogP contribution is 2.26. The number of hydrogen-bond acceptors (Lipinski definition) is 4. The minimum atomic E-state index is -0.181. The molecule has 1 aliphatic heterocycles. The number of carbonyl (C=O) groups is 1. The third-order valence-electron chi connectivity index (χ3n) is 5.17. The van der Waals surface area contributed by atoms with E-state index in [-0.39, 0.29) is 5.91 Å². The minimum absolute atomic E-state index is 0.181. The Morgan fingerprint density at radius 2 is 1.92 bits per heavy atom. The number of hydrogen-bond donors (Lipinski definition) is 1. The molecule has 1 saturated heterocycles. The van der Waals surface area contributed by atoms with Crippen LogP contribution in [0.1, 0.15) is 60.0 Å². The zero-order valence-corrected chi connectivity index (χ0v) is 16.2. The quantitative estimate of drug-likeness (QED) is 0.885. The van der Waals surface area contributed by atoms with Gasteiger partial charge in [-0.2, -0.15) is 0 Å². The van der Waals surface area contributed by atoms with Gasteiger partial charge in [-0.25, -0.2) is 9.97 Å². The second kappa shape index (κ2) is 7.85. The van der Waals surface area contributed by atoms with E-state index >= 15 is 0 Å². The molecule has 0 saturated carbocycles. The van der Waals surface area contributed by atoms with E-state index in [4.69, 9.17) is 0 Å². The lowest BCUT2D eigenvalue weighted by Crippen LogP contribution is -2.40. The highest BCUT2D eigenvalue weighted by atomic mass is 16.1. The minimum Gasteiger partial charge on any atom is -0.354 e. The fourth-order valence-electron chi connectivity index (χ4n) is 3.73. The number of anilines is 2. The molecular formula is C21H28N4O. The average Bonchev–Trinajstić information content (AvgIpc) is 2.64. The number of para-hydroxylation sites is 1. The summed E-state index contributed by atoms with van der Waals surface area (Å²) < 4.78 is 0. The number of amides is 1. The second-order valence-electron chi connectivity index (χ2n) is 7.13. The van der Waals surface area contributed by atoms with Gasteiger partial charge >= 0.3 is 0 Å². The molecule has 26 heavy (non-hydrogen) atoms. The van der Waals surface area contributed by atoms with Crippen molar-refractivity contribution in [3.63, 3.8) is 0 Å². The normalized spacial score (nSPS) is 17.2. The van der Waals surface area contributed by atoms with E-state index in [1.54, 1.807) is 0 Å². The van der Waals surface area contributed by atoms with Gasteiger partial charge in [0.05, 0.1) is 0 Å². The van der Waals surface area contributed by atoms with Crippen LogP contribution in [-0.4, -0.2) is 28.5 Å². The Bertz CT molecular complexity index is 782. The molecular weight excluding hydrogens is 324 g/mol. The molecule has 3 rings (SSSR count). The largest absolute Gasteiger partial charge is 0.354 e. The first-order valence-corrected chi connectivity index (χ1v) is 9.49. The van der Waals surface area contributed by atoms with E-state index in [2.05, 4.69) is 27.1 Å². The number of benzene rings is 1. The SMILES string of the molecule is CCC1CCCCN1c1cc(C(=O)Nc2c(C)cccc2C)nc(C)n1. The summed E-state index contributed by atoms with van der Waals surface area (Å²) in [6, 6.07) is 8.32. The van der Waals surface area contributed by atoms with Crippen molar-refractivity contribution in [1.29, 1.82) is 0 Å². The smallest absolute Gasteiger partial charge is 0.274 e. The molecule has 5 nitrogen and oxygen atoms in total. The Labute approximate surface area is 155 Å². The van der Waals surface area contributed by atoms with Gasteiger partial charge < -0.3 is 10.2 Å². The number of carbonyl (C=O) groups excluding carboxylic acids is 1. The van der Waals surface area contributed by atoms with E-state index in [0.717, 1.165) is 35.6 Å². The first kappa shape index (κ1) is 18.4. The van der Waals surface area contributed by atoms with E-state index in [1.165, 1.54) is 19.3 Å². The summed E-state index contributed by atoms with van der Waals surface area (Å²) >= 11 is 0. The Hall–Kier alpha value is -2.43. The molecule has 2 aromatic rings. The lowest BCUT2D eigenvalue weighted by Gasteiger charge is -2.36. The molecule has 1 atom stereocenters. The lowest BCUT2D eigenvalue weighted by molar-refractivity contribution is 0.102. The molecule has 2 heterocycles. The summed E-state index contributed by atoms with van der Waals surface area (Å²) in [6.07, 6.45) is 4.71. The standard InChI is InChI=1S/C21H28N4O/c1-5-17-11-6-7-12-25(17)19-13-18(22-16(4)23-19)21(26)24-20-14(2)9-8-10-15(20)3/h8-10,13,17H,5-7,11-12H2,1-4H3,(H,24,26). The van der Waals surface area contributed by atoms with Crippen LogP contribution in [0.25, 0.3) is 0 Å². The van der Waals surface area contributed by atoms with Crippen LogP contribution in [-0.2, 0) is 0 Å². The molecule has 1 fully saturated rings. The zero-order chi connectivity index (χ0) is 18.7. The molecule has 1 unspecified atom stereocenters. The third-order valence-corrected chi connectivity index (χ3v) is 5.17. The fraction of sp³-hybridized carbons (Fsp3) is 0.476. The first-order valence-electron chi connectivity index (χ1n) is 9.49. The van der Waals surface area contributed by atoms with Gasteiger partial charge in [-0.15, -0.1) is 0 Å². The number of aryl methyl sites for hydroxylation is 3. The van der Waals surface area contributed by atoms with Crippen LogP contribution in [0.4, 0.5) is 11.5 Å². The summed E-state index contributed by atoms with van der Waals surface area (Å²) in [6.45, 7) is 9.06. The van der Waals surface area contributed by atoms with Gasteiger partial charge in [0, 0.05) is 24.3 Å². The number of rotatable bonds is 4. The zero-order valence-electron chi connectivity index (χ0n) is 16.2. The van der Waals surface area contributed by atoms with Crippen molar-refractivity contribution >= 4 is 17.4 Å². The van der Waals surface area contributed by atoms with Crippen molar-refractivity contribution in [3.8, 4) is 0 Å². The van der Waals surface area contributed by atoms with Crippen LogP contribution < -0.4 is 10.2 Å². The summed E-state index contributed by atoms with van der Waals surface area (Å²) in [4.78, 5) is 24.2.